The van der Waals surface area contributed by atoms with Crippen LogP contribution in [0.15, 0.2) is 30.5 Å². The highest BCUT2D eigenvalue weighted by atomic mass is 19.1. The van der Waals surface area contributed by atoms with E-state index in [9.17, 15) is 4.39 Å². The van der Waals surface area contributed by atoms with E-state index in [-0.39, 0.29) is 11.2 Å². The molecule has 3 heteroatoms. The third-order valence-electron chi connectivity index (χ3n) is 3.82. The molecular formula is C13H15FN2. The second kappa shape index (κ2) is 3.32. The van der Waals surface area contributed by atoms with Gasteiger partial charge < -0.3 is 10.6 Å². The minimum atomic E-state index is -0.190. The summed E-state index contributed by atoms with van der Waals surface area (Å²) < 4.78 is 13.2. The molecule has 3 rings (SSSR count). The molecule has 0 radical (unpaired) electrons. The number of nitrogens with one attached hydrogen (secondary N) is 2. The van der Waals surface area contributed by atoms with Crippen molar-refractivity contribution in [3.8, 4) is 0 Å². The summed E-state index contributed by atoms with van der Waals surface area (Å²) >= 11 is 0. The summed E-state index contributed by atoms with van der Waals surface area (Å²) in [7, 11) is 0. The first-order chi connectivity index (χ1) is 7.72. The lowest BCUT2D eigenvalue weighted by Crippen LogP contribution is -2.39. The predicted molar refractivity (Wildman–Crippen MR) is 62.9 cm³/mol. The van der Waals surface area contributed by atoms with E-state index in [1.165, 1.54) is 5.56 Å². The summed E-state index contributed by atoms with van der Waals surface area (Å²) in [6.45, 7) is 6.11. The van der Waals surface area contributed by atoms with Crippen LogP contribution in [0.4, 0.5) is 10.1 Å². The first-order valence-electron chi connectivity index (χ1n) is 5.69. The Morgan fingerprint density at radius 1 is 1.25 bits per heavy atom. The first kappa shape index (κ1) is 9.85. The number of benzene rings is 1. The number of halogens is 1. The Morgan fingerprint density at radius 2 is 2.00 bits per heavy atom. The van der Waals surface area contributed by atoms with Gasteiger partial charge in [-0.2, -0.15) is 0 Å². The third-order valence-corrected chi connectivity index (χ3v) is 3.82. The van der Waals surface area contributed by atoms with Crippen LogP contribution in [0, 0.1) is 5.82 Å². The lowest BCUT2D eigenvalue weighted by atomic mass is 9.73. The standard InChI is InChI=1S/C13H15FN2/c1-9-13(4-6-15-7-5-13)11-3-2-10(14)8-12(11)16-9/h2-3,8,15-16H,1,4-7H2. The lowest BCUT2D eigenvalue weighted by molar-refractivity contribution is 0.367. The molecule has 1 aromatic rings. The zero-order valence-corrected chi connectivity index (χ0v) is 9.15. The fourth-order valence-electron chi connectivity index (χ4n) is 2.91. The number of allylic oxidation sites excluding steroid dienone is 1. The fraction of sp³-hybridized carbons (Fsp3) is 0.385. The molecule has 0 aliphatic carbocycles. The van der Waals surface area contributed by atoms with Crippen molar-refractivity contribution in [3.63, 3.8) is 0 Å². The van der Waals surface area contributed by atoms with Gasteiger partial charge in [0.15, 0.2) is 0 Å². The minimum absolute atomic E-state index is 0.0221. The van der Waals surface area contributed by atoms with Crippen LogP contribution in [0.2, 0.25) is 0 Å². The summed E-state index contributed by atoms with van der Waals surface area (Å²) in [5.41, 5.74) is 3.15. The van der Waals surface area contributed by atoms with Crippen LogP contribution >= 0.6 is 0 Å². The Hall–Kier alpha value is -1.35. The largest absolute Gasteiger partial charge is 0.358 e. The van der Waals surface area contributed by atoms with E-state index >= 15 is 0 Å². The third kappa shape index (κ3) is 1.21. The second-order valence-corrected chi connectivity index (χ2v) is 4.63. The number of rotatable bonds is 0. The number of fused-ring (bicyclic) bond motifs is 2. The van der Waals surface area contributed by atoms with Crippen molar-refractivity contribution in [2.75, 3.05) is 18.4 Å². The molecule has 0 aromatic heterocycles. The molecule has 2 N–H and O–H groups in total. The Labute approximate surface area is 94.5 Å². The summed E-state index contributed by atoms with van der Waals surface area (Å²) in [5.74, 6) is -0.190. The Morgan fingerprint density at radius 3 is 2.75 bits per heavy atom. The molecule has 1 saturated heterocycles. The zero-order valence-electron chi connectivity index (χ0n) is 9.15. The van der Waals surface area contributed by atoms with E-state index in [1.807, 2.05) is 6.07 Å². The maximum absolute atomic E-state index is 13.2. The highest BCUT2D eigenvalue weighted by molar-refractivity contribution is 5.68. The summed E-state index contributed by atoms with van der Waals surface area (Å²) in [6, 6.07) is 5.02. The van der Waals surface area contributed by atoms with Crippen molar-refractivity contribution in [2.24, 2.45) is 0 Å². The van der Waals surface area contributed by atoms with E-state index in [1.54, 1.807) is 12.1 Å². The zero-order chi connectivity index (χ0) is 11.2. The van der Waals surface area contributed by atoms with Gasteiger partial charge >= 0.3 is 0 Å². The van der Waals surface area contributed by atoms with Gasteiger partial charge in [0.2, 0.25) is 0 Å². The average Bonchev–Trinajstić information content (AvgIpc) is 2.53. The van der Waals surface area contributed by atoms with Gasteiger partial charge in [-0.15, -0.1) is 0 Å². The maximum atomic E-state index is 13.2. The molecule has 0 amide bonds. The van der Waals surface area contributed by atoms with Crippen molar-refractivity contribution in [3.05, 3.63) is 41.9 Å². The Bertz CT molecular complexity index is 447. The minimum Gasteiger partial charge on any atom is -0.358 e. The number of hydrogen-bond acceptors (Lipinski definition) is 2. The number of anilines is 1. The topological polar surface area (TPSA) is 24.1 Å². The average molecular weight is 218 g/mol. The van der Waals surface area contributed by atoms with Gasteiger partial charge in [-0.3, -0.25) is 0 Å². The van der Waals surface area contributed by atoms with Crippen LogP contribution in [0.5, 0.6) is 0 Å². The highest BCUT2D eigenvalue weighted by Gasteiger charge is 2.42. The molecule has 2 heterocycles. The van der Waals surface area contributed by atoms with E-state index < -0.39 is 0 Å². The maximum Gasteiger partial charge on any atom is 0.125 e. The molecule has 1 fully saturated rings. The van der Waals surface area contributed by atoms with Crippen LogP contribution < -0.4 is 10.6 Å². The first-order valence-corrected chi connectivity index (χ1v) is 5.69. The molecule has 2 nitrogen and oxygen atoms in total. The van der Waals surface area contributed by atoms with Gasteiger partial charge in [-0.1, -0.05) is 12.6 Å². The molecule has 84 valence electrons. The molecule has 16 heavy (non-hydrogen) atoms. The van der Waals surface area contributed by atoms with Gasteiger partial charge in [-0.25, -0.2) is 4.39 Å². The SMILES string of the molecule is C=C1Nc2cc(F)ccc2C12CCNCC2. The highest BCUT2D eigenvalue weighted by Crippen LogP contribution is 2.48. The summed E-state index contributed by atoms with van der Waals surface area (Å²) in [6.07, 6.45) is 2.08. The van der Waals surface area contributed by atoms with Crippen LogP contribution in [0.25, 0.3) is 0 Å². The fourth-order valence-corrected chi connectivity index (χ4v) is 2.91. The van der Waals surface area contributed by atoms with Gasteiger partial charge in [0.1, 0.15) is 5.82 Å². The molecule has 1 spiro atoms. The lowest BCUT2D eigenvalue weighted by Gasteiger charge is -2.35. The predicted octanol–water partition coefficient (Wildman–Crippen LogP) is 2.39. The molecular weight excluding hydrogens is 203 g/mol. The summed E-state index contributed by atoms with van der Waals surface area (Å²) in [5, 5.41) is 6.59. The monoisotopic (exact) mass is 218 g/mol. The van der Waals surface area contributed by atoms with E-state index in [0.717, 1.165) is 37.3 Å². The van der Waals surface area contributed by atoms with Crippen molar-refractivity contribution in [2.45, 2.75) is 18.3 Å². The van der Waals surface area contributed by atoms with E-state index in [4.69, 9.17) is 0 Å². The number of piperidine rings is 1. The van der Waals surface area contributed by atoms with Crippen molar-refractivity contribution < 1.29 is 4.39 Å². The Kier molecular flexibility index (Phi) is 2.04. The van der Waals surface area contributed by atoms with Gasteiger partial charge in [-0.05, 0) is 43.6 Å². The Balaban J connectivity index is 2.11. The molecule has 0 atom stereocenters. The smallest absolute Gasteiger partial charge is 0.125 e. The van der Waals surface area contributed by atoms with E-state index in [2.05, 4.69) is 17.2 Å². The van der Waals surface area contributed by atoms with Crippen molar-refractivity contribution in [1.82, 2.24) is 5.32 Å². The van der Waals surface area contributed by atoms with E-state index in [0.29, 0.717) is 0 Å². The summed E-state index contributed by atoms with van der Waals surface area (Å²) in [4.78, 5) is 0. The number of hydrogen-bond donors (Lipinski definition) is 2. The van der Waals surface area contributed by atoms with Crippen LogP contribution in [-0.4, -0.2) is 13.1 Å². The molecule has 0 saturated carbocycles. The van der Waals surface area contributed by atoms with Crippen molar-refractivity contribution >= 4 is 5.69 Å². The second-order valence-electron chi connectivity index (χ2n) is 4.63. The van der Waals surface area contributed by atoms with Crippen LogP contribution in [0.3, 0.4) is 0 Å². The normalized spacial score (nSPS) is 21.9. The molecule has 2 aliphatic heterocycles. The van der Waals surface area contributed by atoms with Gasteiger partial charge in [0, 0.05) is 16.8 Å². The molecule has 1 aromatic carbocycles. The molecule has 0 unspecified atom stereocenters. The van der Waals surface area contributed by atoms with Gasteiger partial charge in [0.25, 0.3) is 0 Å². The van der Waals surface area contributed by atoms with Crippen molar-refractivity contribution in [1.29, 1.82) is 0 Å². The molecule has 0 bridgehead atoms. The van der Waals surface area contributed by atoms with Gasteiger partial charge in [0.05, 0.1) is 0 Å². The molecule has 2 aliphatic rings. The van der Waals surface area contributed by atoms with Crippen LogP contribution in [-0.2, 0) is 5.41 Å². The quantitative estimate of drug-likeness (QED) is 0.698. The van der Waals surface area contributed by atoms with Crippen LogP contribution in [0.1, 0.15) is 18.4 Å².